The Morgan fingerprint density at radius 3 is 2.74 bits per heavy atom. The number of thiazole rings is 1. The van der Waals surface area contributed by atoms with Crippen molar-refractivity contribution in [2.24, 2.45) is 0 Å². The number of rotatable bonds is 6. The van der Waals surface area contributed by atoms with E-state index in [0.717, 1.165) is 12.8 Å². The SMILES string of the molecule is CCOC(=O)CN(C(=O)c1csc(-c2ncccn2)n1)C1CC1. The summed E-state index contributed by atoms with van der Waals surface area (Å²) in [6.45, 7) is 2.01. The van der Waals surface area contributed by atoms with E-state index in [9.17, 15) is 9.59 Å². The first-order valence-electron chi connectivity index (χ1n) is 7.38. The minimum absolute atomic E-state index is 0.0357. The molecule has 0 radical (unpaired) electrons. The van der Waals surface area contributed by atoms with Gasteiger partial charge in [0.05, 0.1) is 6.61 Å². The lowest BCUT2D eigenvalue weighted by Gasteiger charge is -2.20. The summed E-state index contributed by atoms with van der Waals surface area (Å²) in [6.07, 6.45) is 5.07. The normalized spacial score (nSPS) is 13.6. The molecule has 0 spiro atoms. The Morgan fingerprint density at radius 2 is 2.09 bits per heavy atom. The van der Waals surface area contributed by atoms with Crippen LogP contribution in [0.3, 0.4) is 0 Å². The highest BCUT2D eigenvalue weighted by molar-refractivity contribution is 7.13. The van der Waals surface area contributed by atoms with E-state index in [4.69, 9.17) is 4.74 Å². The molecule has 0 saturated heterocycles. The highest BCUT2D eigenvalue weighted by Crippen LogP contribution is 2.29. The van der Waals surface area contributed by atoms with E-state index in [1.165, 1.54) is 11.3 Å². The predicted octanol–water partition coefficient (Wildman–Crippen LogP) is 1.77. The molecule has 2 heterocycles. The van der Waals surface area contributed by atoms with Crippen molar-refractivity contribution in [3.63, 3.8) is 0 Å². The molecule has 1 saturated carbocycles. The summed E-state index contributed by atoms with van der Waals surface area (Å²) in [5, 5.41) is 2.26. The predicted molar refractivity (Wildman–Crippen MR) is 83.8 cm³/mol. The summed E-state index contributed by atoms with van der Waals surface area (Å²) in [5.41, 5.74) is 0.314. The van der Waals surface area contributed by atoms with Crippen LogP contribution in [0.5, 0.6) is 0 Å². The number of hydrogen-bond acceptors (Lipinski definition) is 7. The lowest BCUT2D eigenvalue weighted by molar-refractivity contribution is -0.144. The smallest absolute Gasteiger partial charge is 0.325 e. The van der Waals surface area contributed by atoms with Gasteiger partial charge in [-0.1, -0.05) is 0 Å². The molecular formula is C15H16N4O3S. The monoisotopic (exact) mass is 332 g/mol. The molecule has 0 unspecified atom stereocenters. The molecule has 1 fully saturated rings. The van der Waals surface area contributed by atoms with E-state index in [1.54, 1.807) is 35.7 Å². The van der Waals surface area contributed by atoms with E-state index in [0.29, 0.717) is 23.1 Å². The first-order valence-corrected chi connectivity index (χ1v) is 8.26. The average molecular weight is 332 g/mol. The Hall–Kier alpha value is -2.35. The Labute approximate surface area is 137 Å². The number of hydrogen-bond donors (Lipinski definition) is 0. The molecular weight excluding hydrogens is 316 g/mol. The summed E-state index contributed by atoms with van der Waals surface area (Å²) < 4.78 is 4.94. The zero-order chi connectivity index (χ0) is 16.2. The molecule has 8 heteroatoms. The molecule has 23 heavy (non-hydrogen) atoms. The fourth-order valence-electron chi connectivity index (χ4n) is 2.13. The number of nitrogens with zero attached hydrogens (tertiary/aromatic N) is 4. The summed E-state index contributed by atoms with van der Waals surface area (Å²) in [6, 6.07) is 1.82. The minimum Gasteiger partial charge on any atom is -0.465 e. The van der Waals surface area contributed by atoms with Crippen molar-refractivity contribution in [2.45, 2.75) is 25.8 Å². The Balaban J connectivity index is 1.76. The number of ether oxygens (including phenoxy) is 1. The van der Waals surface area contributed by atoms with Gasteiger partial charge in [0.15, 0.2) is 10.8 Å². The van der Waals surface area contributed by atoms with Crippen molar-refractivity contribution < 1.29 is 14.3 Å². The van der Waals surface area contributed by atoms with Crippen molar-refractivity contribution in [1.29, 1.82) is 0 Å². The van der Waals surface area contributed by atoms with Gasteiger partial charge in [-0.05, 0) is 25.8 Å². The van der Waals surface area contributed by atoms with Gasteiger partial charge in [-0.3, -0.25) is 9.59 Å². The van der Waals surface area contributed by atoms with Gasteiger partial charge in [0, 0.05) is 23.8 Å². The van der Waals surface area contributed by atoms with E-state index >= 15 is 0 Å². The summed E-state index contributed by atoms with van der Waals surface area (Å²) >= 11 is 1.31. The van der Waals surface area contributed by atoms with Gasteiger partial charge in [0.2, 0.25) is 0 Å². The molecule has 0 aromatic carbocycles. The van der Waals surface area contributed by atoms with Crippen LogP contribution in [0.4, 0.5) is 0 Å². The number of carbonyl (C=O) groups is 2. The second kappa shape index (κ2) is 6.82. The van der Waals surface area contributed by atoms with Crippen LogP contribution in [0.25, 0.3) is 10.8 Å². The number of aromatic nitrogens is 3. The van der Waals surface area contributed by atoms with E-state index in [1.807, 2.05) is 0 Å². The van der Waals surface area contributed by atoms with Crippen LogP contribution in [0.2, 0.25) is 0 Å². The van der Waals surface area contributed by atoms with Crippen LogP contribution in [-0.4, -0.2) is 50.9 Å². The van der Waals surface area contributed by atoms with Gasteiger partial charge in [0.1, 0.15) is 12.2 Å². The van der Waals surface area contributed by atoms with Crippen molar-refractivity contribution in [1.82, 2.24) is 19.9 Å². The molecule has 1 aliphatic carbocycles. The van der Waals surface area contributed by atoms with E-state index in [2.05, 4.69) is 15.0 Å². The molecule has 2 aromatic heterocycles. The third-order valence-corrected chi connectivity index (χ3v) is 4.17. The van der Waals surface area contributed by atoms with Gasteiger partial charge in [0.25, 0.3) is 5.91 Å². The van der Waals surface area contributed by atoms with E-state index in [-0.39, 0.29) is 18.5 Å². The van der Waals surface area contributed by atoms with Crippen molar-refractivity contribution in [3.05, 3.63) is 29.5 Å². The zero-order valence-electron chi connectivity index (χ0n) is 12.6. The quantitative estimate of drug-likeness (QED) is 0.750. The molecule has 0 N–H and O–H groups in total. The second-order valence-electron chi connectivity index (χ2n) is 5.08. The third kappa shape index (κ3) is 3.70. The largest absolute Gasteiger partial charge is 0.465 e. The molecule has 0 aliphatic heterocycles. The molecule has 0 bridgehead atoms. The van der Waals surface area contributed by atoms with Gasteiger partial charge in [-0.2, -0.15) is 0 Å². The number of amides is 1. The van der Waals surface area contributed by atoms with Crippen LogP contribution in [-0.2, 0) is 9.53 Å². The van der Waals surface area contributed by atoms with Gasteiger partial charge >= 0.3 is 5.97 Å². The third-order valence-electron chi connectivity index (χ3n) is 3.33. The van der Waals surface area contributed by atoms with E-state index < -0.39 is 5.97 Å². The Kier molecular flexibility index (Phi) is 4.61. The van der Waals surface area contributed by atoms with Crippen LogP contribution in [0, 0.1) is 0 Å². The molecule has 1 amide bonds. The standard InChI is InChI=1S/C15H16N4O3S/c1-2-22-12(20)8-19(10-4-5-10)15(21)11-9-23-14(18-11)13-16-6-3-7-17-13/h3,6-7,9-10H,2,4-5,8H2,1H3. The van der Waals surface area contributed by atoms with Gasteiger partial charge < -0.3 is 9.64 Å². The van der Waals surface area contributed by atoms with Crippen molar-refractivity contribution in [2.75, 3.05) is 13.2 Å². The maximum Gasteiger partial charge on any atom is 0.325 e. The summed E-state index contributed by atoms with van der Waals surface area (Å²) in [5.74, 6) is -0.159. The maximum absolute atomic E-state index is 12.6. The second-order valence-corrected chi connectivity index (χ2v) is 5.94. The van der Waals surface area contributed by atoms with Crippen LogP contribution in [0.15, 0.2) is 23.8 Å². The van der Waals surface area contributed by atoms with Crippen molar-refractivity contribution in [3.8, 4) is 10.8 Å². The Morgan fingerprint density at radius 1 is 1.35 bits per heavy atom. The number of carbonyl (C=O) groups excluding carboxylic acids is 2. The molecule has 120 valence electrons. The fourth-order valence-corrected chi connectivity index (χ4v) is 2.87. The topological polar surface area (TPSA) is 85.3 Å². The Bertz CT molecular complexity index is 700. The minimum atomic E-state index is -0.394. The fraction of sp³-hybridized carbons (Fsp3) is 0.400. The highest BCUT2D eigenvalue weighted by Gasteiger charge is 2.35. The summed E-state index contributed by atoms with van der Waals surface area (Å²) in [7, 11) is 0. The average Bonchev–Trinajstić information content (AvgIpc) is 3.29. The van der Waals surface area contributed by atoms with Gasteiger partial charge in [-0.15, -0.1) is 11.3 Å². The summed E-state index contributed by atoms with van der Waals surface area (Å²) in [4.78, 5) is 38.4. The maximum atomic E-state index is 12.6. The lowest BCUT2D eigenvalue weighted by Crippen LogP contribution is -2.38. The highest BCUT2D eigenvalue weighted by atomic mass is 32.1. The molecule has 3 rings (SSSR count). The first-order chi connectivity index (χ1) is 11.2. The van der Waals surface area contributed by atoms with Gasteiger partial charge in [-0.25, -0.2) is 15.0 Å². The molecule has 1 aliphatic rings. The first kappa shape index (κ1) is 15.5. The van der Waals surface area contributed by atoms with Crippen molar-refractivity contribution >= 4 is 23.2 Å². The van der Waals surface area contributed by atoms with Crippen LogP contribution < -0.4 is 0 Å². The van der Waals surface area contributed by atoms with Crippen LogP contribution in [0.1, 0.15) is 30.3 Å². The lowest BCUT2D eigenvalue weighted by atomic mass is 10.3. The molecule has 7 nitrogen and oxygen atoms in total. The molecule has 2 aromatic rings. The molecule has 0 atom stereocenters. The van der Waals surface area contributed by atoms with Crippen LogP contribution >= 0.6 is 11.3 Å². The number of esters is 1. The zero-order valence-corrected chi connectivity index (χ0v) is 13.5.